The maximum Gasteiger partial charge on any atom is 0.483 e. The average molecular weight is 566 g/mol. The fourth-order valence-corrected chi connectivity index (χ4v) is 5.51. The van der Waals surface area contributed by atoms with Crippen LogP contribution < -0.4 is 11.2 Å². The van der Waals surface area contributed by atoms with Crippen LogP contribution in [-0.4, -0.2) is 112 Å². The molecule has 0 aromatic carbocycles. The molecule has 2 saturated heterocycles. The third-order valence-electron chi connectivity index (χ3n) is 5.16. The highest BCUT2D eigenvalue weighted by molar-refractivity contribution is 7.61. The van der Waals surface area contributed by atoms with Crippen molar-refractivity contribution in [2.75, 3.05) is 13.2 Å². The van der Waals surface area contributed by atoms with E-state index in [0.717, 1.165) is 16.8 Å². The molecule has 0 radical (unpaired) electrons. The second-order valence-corrected chi connectivity index (χ2v) is 10.7. The Balaban J connectivity index is 1.61. The van der Waals surface area contributed by atoms with Gasteiger partial charge < -0.3 is 49.9 Å². The van der Waals surface area contributed by atoms with Crippen LogP contribution in [0.4, 0.5) is 0 Å². The number of ether oxygens (including phenoxy) is 2. The normalized spacial score (nSPS) is 38.4. The zero-order valence-corrected chi connectivity index (χ0v) is 19.6. The first-order valence-corrected chi connectivity index (χ1v) is 13.0. The van der Waals surface area contributed by atoms with Gasteiger partial charge in [0.05, 0.1) is 13.2 Å². The molecule has 1 aromatic heterocycles. The van der Waals surface area contributed by atoms with Crippen LogP contribution in [0.5, 0.6) is 0 Å². The van der Waals surface area contributed by atoms with Gasteiger partial charge >= 0.3 is 21.3 Å². The molecule has 0 bridgehead atoms. The molecule has 36 heavy (non-hydrogen) atoms. The Morgan fingerprint density at radius 1 is 0.917 bits per heavy atom. The Morgan fingerprint density at radius 3 is 2.17 bits per heavy atom. The van der Waals surface area contributed by atoms with E-state index in [-0.39, 0.29) is 0 Å². The van der Waals surface area contributed by atoms with Crippen LogP contribution in [0.25, 0.3) is 0 Å². The third kappa shape index (κ3) is 6.54. The fourth-order valence-electron chi connectivity index (χ4n) is 3.35. The topological polar surface area (TPSA) is 297 Å². The van der Waals surface area contributed by atoms with Crippen LogP contribution in [0.2, 0.25) is 0 Å². The minimum absolute atomic E-state index is 0.723. The molecule has 0 saturated carbocycles. The lowest BCUT2D eigenvalue weighted by Crippen LogP contribution is -2.58. The molecule has 2 fully saturated rings. The van der Waals surface area contributed by atoms with Crippen molar-refractivity contribution in [1.29, 1.82) is 0 Å². The van der Waals surface area contributed by atoms with Gasteiger partial charge in [0.2, 0.25) is 0 Å². The Labute approximate surface area is 199 Å². The van der Waals surface area contributed by atoms with E-state index in [1.807, 2.05) is 4.98 Å². The molecule has 2 aliphatic heterocycles. The van der Waals surface area contributed by atoms with Crippen molar-refractivity contribution < 1.29 is 72.4 Å². The van der Waals surface area contributed by atoms with Gasteiger partial charge in [0.25, 0.3) is 5.56 Å². The molecular formula is C15H24N2O17P2. The van der Waals surface area contributed by atoms with Crippen LogP contribution >= 0.6 is 15.6 Å². The third-order valence-corrected chi connectivity index (χ3v) is 7.76. The number of rotatable bonds is 9. The number of phosphoric ester groups is 2. The number of aromatic nitrogens is 2. The van der Waals surface area contributed by atoms with E-state index in [1.165, 1.54) is 0 Å². The minimum Gasteiger partial charge on any atom is -0.394 e. The number of aromatic amines is 1. The Bertz CT molecular complexity index is 1120. The van der Waals surface area contributed by atoms with E-state index in [0.29, 0.717) is 0 Å². The summed E-state index contributed by atoms with van der Waals surface area (Å²) in [4.78, 5) is 44.5. The van der Waals surface area contributed by atoms with Crippen LogP contribution in [0, 0.1) is 0 Å². The van der Waals surface area contributed by atoms with Gasteiger partial charge in [-0.05, 0) is 0 Å². The largest absolute Gasteiger partial charge is 0.483 e. The number of aliphatic hydroxyl groups excluding tert-OH is 6. The summed E-state index contributed by atoms with van der Waals surface area (Å²) >= 11 is 0. The van der Waals surface area contributed by atoms with Gasteiger partial charge in [-0.2, -0.15) is 4.31 Å². The van der Waals surface area contributed by atoms with Gasteiger partial charge in [-0.25, -0.2) is 13.9 Å². The van der Waals surface area contributed by atoms with Crippen molar-refractivity contribution in [2.45, 2.75) is 55.2 Å². The van der Waals surface area contributed by atoms with E-state index >= 15 is 0 Å². The summed E-state index contributed by atoms with van der Waals surface area (Å²) in [5.41, 5.74) is -1.75. The molecule has 21 heteroatoms. The van der Waals surface area contributed by atoms with Crippen molar-refractivity contribution >= 4 is 15.6 Å². The number of hydrogen-bond acceptors (Lipinski definition) is 15. The standard InChI is InChI=1S/C15H24N2O17P2/c18-3-5-8(20)10(22)12(24)14(32-5)33-36(28,29)34-35(26,27)30-4-6-9(21)11(23)13(31-6)17-2-1-7(19)16-15(17)25/h1-2,5-6,8-14,18,20-24H,3-4H2,(H,26,27)(H,28,29)(H,16,19,25)/t5-,6-,8+,9-,10+,11-,12-,13-,14?/m1/s1. The fraction of sp³-hybridized carbons (Fsp3) is 0.733. The van der Waals surface area contributed by atoms with Gasteiger partial charge in [0.15, 0.2) is 12.5 Å². The first-order valence-electron chi connectivity index (χ1n) is 9.99. The van der Waals surface area contributed by atoms with Gasteiger partial charge in [0, 0.05) is 12.3 Å². The van der Waals surface area contributed by atoms with E-state index in [4.69, 9.17) is 14.6 Å². The Kier molecular flexibility index (Phi) is 9.05. The highest BCUT2D eigenvalue weighted by atomic mass is 31.3. The van der Waals surface area contributed by atoms with E-state index in [1.54, 1.807) is 0 Å². The second-order valence-electron chi connectivity index (χ2n) is 7.68. The van der Waals surface area contributed by atoms with Crippen LogP contribution in [0.1, 0.15) is 6.23 Å². The summed E-state index contributed by atoms with van der Waals surface area (Å²) in [7, 11) is -11.1. The van der Waals surface area contributed by atoms with E-state index < -0.39 is 95.4 Å². The lowest BCUT2D eigenvalue weighted by Gasteiger charge is -2.39. The summed E-state index contributed by atoms with van der Waals surface area (Å²) in [5, 5.41) is 58.6. The highest BCUT2D eigenvalue weighted by Gasteiger charge is 2.49. The van der Waals surface area contributed by atoms with Crippen molar-refractivity contribution in [2.24, 2.45) is 0 Å². The molecule has 0 aliphatic carbocycles. The molecule has 206 valence electrons. The summed E-state index contributed by atoms with van der Waals surface area (Å²) < 4.78 is 48.1. The number of aliphatic hydroxyl groups is 6. The van der Waals surface area contributed by atoms with Crippen molar-refractivity contribution in [3.63, 3.8) is 0 Å². The van der Waals surface area contributed by atoms with Gasteiger partial charge in [-0.1, -0.05) is 0 Å². The summed E-state index contributed by atoms with van der Waals surface area (Å²) in [6, 6.07) is 0.928. The molecule has 2 aliphatic rings. The van der Waals surface area contributed by atoms with Crippen LogP contribution in [0.15, 0.2) is 21.9 Å². The SMILES string of the molecule is O=c1ccn([C@@H]2O[C@H](COP(=O)(O)OP(=O)(O)OC3O[C@H](CO)[C@H](O)[C@H](O)[C@H]3O)[C@@H](O)[C@H]2O)c(=O)[nH]1. The molecule has 0 amide bonds. The van der Waals surface area contributed by atoms with Gasteiger partial charge in [0.1, 0.15) is 42.7 Å². The molecule has 3 heterocycles. The minimum atomic E-state index is -5.59. The van der Waals surface area contributed by atoms with Crippen molar-refractivity contribution in [3.8, 4) is 0 Å². The zero-order chi connectivity index (χ0) is 27.0. The van der Waals surface area contributed by atoms with Crippen molar-refractivity contribution in [3.05, 3.63) is 33.1 Å². The predicted molar refractivity (Wildman–Crippen MR) is 109 cm³/mol. The van der Waals surface area contributed by atoms with Crippen LogP contribution in [-0.2, 0) is 32.0 Å². The quantitative estimate of drug-likeness (QED) is 0.127. The number of hydrogen-bond donors (Lipinski definition) is 9. The van der Waals surface area contributed by atoms with E-state index in [2.05, 4.69) is 13.4 Å². The summed E-state index contributed by atoms with van der Waals surface area (Å²) in [5.74, 6) is 0. The average Bonchev–Trinajstić information content (AvgIpc) is 3.06. The predicted octanol–water partition coefficient (Wildman–Crippen LogP) is -4.79. The molecule has 11 atom stereocenters. The number of phosphoric acid groups is 2. The Morgan fingerprint density at radius 2 is 1.56 bits per heavy atom. The summed E-state index contributed by atoms with van der Waals surface area (Å²) in [6.45, 7) is -1.93. The molecule has 19 nitrogen and oxygen atoms in total. The smallest absolute Gasteiger partial charge is 0.394 e. The first kappa shape index (κ1) is 29.2. The summed E-state index contributed by atoms with van der Waals surface area (Å²) in [6.07, 6.45) is -15.4. The maximum atomic E-state index is 12.2. The van der Waals surface area contributed by atoms with E-state index in [9.17, 15) is 54.0 Å². The molecule has 3 unspecified atom stereocenters. The highest BCUT2D eigenvalue weighted by Crippen LogP contribution is 2.61. The first-order chi connectivity index (χ1) is 16.7. The van der Waals surface area contributed by atoms with Crippen molar-refractivity contribution in [1.82, 2.24) is 9.55 Å². The Hall–Kier alpha value is -1.38. The second kappa shape index (κ2) is 11.2. The van der Waals surface area contributed by atoms with Crippen LogP contribution in [0.3, 0.4) is 0 Å². The molecule has 1 aromatic rings. The molecule has 3 rings (SSSR count). The number of nitrogens with one attached hydrogen (secondary N) is 1. The van der Waals surface area contributed by atoms with Gasteiger partial charge in [-0.15, -0.1) is 0 Å². The molecule has 0 spiro atoms. The number of nitrogens with zero attached hydrogens (tertiary/aromatic N) is 1. The van der Waals surface area contributed by atoms with Gasteiger partial charge in [-0.3, -0.25) is 23.4 Å². The zero-order valence-electron chi connectivity index (χ0n) is 17.9. The molecule has 9 N–H and O–H groups in total. The lowest BCUT2D eigenvalue weighted by molar-refractivity contribution is -0.280. The maximum absolute atomic E-state index is 12.2. The lowest BCUT2D eigenvalue weighted by atomic mass is 10.00. The monoisotopic (exact) mass is 566 g/mol. The molecular weight excluding hydrogens is 542 g/mol. The number of H-pyrrole nitrogens is 1.